The first-order valence-corrected chi connectivity index (χ1v) is 13.1. The minimum absolute atomic E-state index is 0.0532. The summed E-state index contributed by atoms with van der Waals surface area (Å²) in [4.78, 5) is 71.9. The average molecular weight is 584 g/mol. The van der Waals surface area contributed by atoms with Gasteiger partial charge in [-0.3, -0.25) is 19.2 Å². The predicted molar refractivity (Wildman–Crippen MR) is 148 cm³/mol. The molecule has 0 aliphatic heterocycles. The van der Waals surface area contributed by atoms with Crippen molar-refractivity contribution in [3.63, 3.8) is 0 Å². The van der Waals surface area contributed by atoms with Crippen LogP contribution in [0.5, 0.6) is 0 Å². The molecule has 0 fully saturated rings. The van der Waals surface area contributed by atoms with E-state index in [2.05, 4.69) is 21.3 Å². The summed E-state index contributed by atoms with van der Waals surface area (Å²) in [5.41, 5.74) is 9.37. The van der Waals surface area contributed by atoms with Crippen molar-refractivity contribution >= 4 is 35.7 Å². The summed E-state index contributed by atoms with van der Waals surface area (Å²) < 4.78 is 10.1. The number of carboxylic acids is 1. The van der Waals surface area contributed by atoms with E-state index < -0.39 is 73.6 Å². The number of hydrogen-bond donors (Lipinski definition) is 6. The second-order valence-corrected chi connectivity index (χ2v) is 9.58. The summed E-state index contributed by atoms with van der Waals surface area (Å²) in [5.74, 6) is -4.67. The monoisotopic (exact) mass is 583 g/mol. The van der Waals surface area contributed by atoms with E-state index in [0.29, 0.717) is 0 Å². The second-order valence-electron chi connectivity index (χ2n) is 9.58. The lowest BCUT2D eigenvalue weighted by Gasteiger charge is -2.22. The van der Waals surface area contributed by atoms with Gasteiger partial charge in [-0.05, 0) is 36.1 Å². The number of carboxylic acid groups (broad SMARTS) is 1. The lowest BCUT2D eigenvalue weighted by Crippen LogP contribution is -2.56. The van der Waals surface area contributed by atoms with Crippen LogP contribution in [0.25, 0.3) is 11.1 Å². The maximum atomic E-state index is 12.6. The number of hydrogen-bond acceptors (Lipinski definition) is 8. The van der Waals surface area contributed by atoms with Gasteiger partial charge in [-0.2, -0.15) is 0 Å². The molecule has 0 bridgehead atoms. The Bertz CT molecular complexity index is 1300. The van der Waals surface area contributed by atoms with Gasteiger partial charge in [0.05, 0.1) is 6.42 Å². The van der Waals surface area contributed by atoms with Crippen LogP contribution in [0.3, 0.4) is 0 Å². The summed E-state index contributed by atoms with van der Waals surface area (Å²) in [6.07, 6.45) is -1.38. The third kappa shape index (κ3) is 8.51. The van der Waals surface area contributed by atoms with Gasteiger partial charge in [0.2, 0.25) is 23.6 Å². The molecule has 0 saturated heterocycles. The van der Waals surface area contributed by atoms with Crippen molar-refractivity contribution < 1.29 is 43.3 Å². The highest BCUT2D eigenvalue weighted by molar-refractivity contribution is 5.95. The minimum Gasteiger partial charge on any atom is -0.480 e. The van der Waals surface area contributed by atoms with Crippen LogP contribution in [-0.4, -0.2) is 78.9 Å². The maximum Gasteiger partial charge on any atom is 0.407 e. The lowest BCUT2D eigenvalue weighted by molar-refractivity contribution is -0.143. The van der Waals surface area contributed by atoms with Crippen molar-refractivity contribution in [2.45, 2.75) is 44.3 Å². The Morgan fingerprint density at radius 2 is 1.38 bits per heavy atom. The van der Waals surface area contributed by atoms with Crippen LogP contribution in [0.15, 0.2) is 48.5 Å². The topological polar surface area (TPSA) is 215 Å². The molecule has 2 aromatic carbocycles. The van der Waals surface area contributed by atoms with Crippen molar-refractivity contribution in [2.24, 2.45) is 5.73 Å². The first-order valence-electron chi connectivity index (χ1n) is 13.1. The molecular weight excluding hydrogens is 550 g/mol. The summed E-state index contributed by atoms with van der Waals surface area (Å²) in [7, 11) is 0. The number of alkyl carbamates (subject to hydrolysis) is 1. The molecule has 0 aromatic heterocycles. The van der Waals surface area contributed by atoms with E-state index in [-0.39, 0.29) is 12.5 Å². The molecule has 2 aromatic rings. The number of amides is 5. The number of benzene rings is 2. The molecule has 3 atom stereocenters. The zero-order chi connectivity index (χ0) is 30.8. The summed E-state index contributed by atoms with van der Waals surface area (Å²) in [5, 5.41) is 17.9. The Morgan fingerprint density at radius 1 is 0.833 bits per heavy atom. The van der Waals surface area contributed by atoms with Gasteiger partial charge in [0.1, 0.15) is 38.1 Å². The first-order chi connectivity index (χ1) is 20.0. The Hall–Kier alpha value is -4.98. The summed E-state index contributed by atoms with van der Waals surface area (Å²) >= 11 is 0. The standard InChI is InChI=1S/C28H33N5O9/c1-15(26(38)33-22(11-23(29)34)27(39)30-14-41-13-24(35)36)31-25(37)16(2)32-28(40)42-12-21-19-9-5-3-7-17(19)18-8-4-6-10-20(18)21/h3-10,15-16,21-22H,11-14H2,1-2H3,(H2,29,34)(H,30,39)(H,31,37)(H,32,40)(H,33,38)(H,35,36)/t15-,16-,22-/m0/s1. The third-order valence-corrected chi connectivity index (χ3v) is 6.44. The first kappa shape index (κ1) is 31.5. The molecule has 0 heterocycles. The average Bonchev–Trinajstić information content (AvgIpc) is 3.26. The van der Waals surface area contributed by atoms with Crippen molar-refractivity contribution in [1.29, 1.82) is 0 Å². The van der Waals surface area contributed by atoms with E-state index in [4.69, 9.17) is 20.3 Å². The van der Waals surface area contributed by atoms with Crippen LogP contribution >= 0.6 is 0 Å². The molecule has 7 N–H and O–H groups in total. The Balaban J connectivity index is 1.48. The number of carbonyl (C=O) groups is 6. The van der Waals surface area contributed by atoms with Gasteiger partial charge in [0.15, 0.2) is 0 Å². The molecule has 14 heteroatoms. The van der Waals surface area contributed by atoms with Gasteiger partial charge in [-0.1, -0.05) is 48.5 Å². The molecular formula is C28H33N5O9. The van der Waals surface area contributed by atoms with Crippen LogP contribution in [0, 0.1) is 0 Å². The molecule has 1 aliphatic carbocycles. The number of nitrogens with one attached hydrogen (secondary N) is 4. The zero-order valence-electron chi connectivity index (χ0n) is 23.0. The highest BCUT2D eigenvalue weighted by atomic mass is 16.5. The number of nitrogens with two attached hydrogens (primary N) is 1. The van der Waals surface area contributed by atoms with Crippen LogP contribution in [0.2, 0.25) is 0 Å². The quantitative estimate of drug-likeness (QED) is 0.130. The van der Waals surface area contributed by atoms with Crippen molar-refractivity contribution in [1.82, 2.24) is 21.3 Å². The molecule has 5 amide bonds. The SMILES string of the molecule is C[C@H](NC(=O)OCC1c2ccccc2-c2ccccc21)C(=O)N[C@@H](C)C(=O)N[C@@H](CC(N)=O)C(=O)NCOCC(=O)O. The van der Waals surface area contributed by atoms with Gasteiger partial charge in [0, 0.05) is 5.92 Å². The molecule has 1 aliphatic rings. The van der Waals surface area contributed by atoms with E-state index in [9.17, 15) is 28.8 Å². The number of rotatable bonds is 14. The highest BCUT2D eigenvalue weighted by Crippen LogP contribution is 2.44. The van der Waals surface area contributed by atoms with Crippen molar-refractivity contribution in [3.05, 3.63) is 59.7 Å². The number of aliphatic carboxylic acids is 1. The van der Waals surface area contributed by atoms with E-state index in [1.165, 1.54) is 13.8 Å². The molecule has 0 radical (unpaired) electrons. The van der Waals surface area contributed by atoms with E-state index >= 15 is 0 Å². The minimum atomic E-state index is -1.40. The van der Waals surface area contributed by atoms with E-state index in [0.717, 1.165) is 22.3 Å². The molecule has 3 rings (SSSR count). The smallest absolute Gasteiger partial charge is 0.407 e. The van der Waals surface area contributed by atoms with Crippen molar-refractivity contribution in [3.8, 4) is 11.1 Å². The Morgan fingerprint density at radius 3 is 1.95 bits per heavy atom. The summed E-state index contributed by atoms with van der Waals surface area (Å²) in [6.45, 7) is 1.64. The van der Waals surface area contributed by atoms with Crippen molar-refractivity contribution in [2.75, 3.05) is 19.9 Å². The zero-order valence-corrected chi connectivity index (χ0v) is 23.0. The van der Waals surface area contributed by atoms with Gasteiger partial charge in [-0.25, -0.2) is 9.59 Å². The fraction of sp³-hybridized carbons (Fsp3) is 0.357. The molecule has 0 spiro atoms. The van der Waals surface area contributed by atoms with Gasteiger partial charge < -0.3 is 41.6 Å². The predicted octanol–water partition coefficient (Wildman–Crippen LogP) is -0.0466. The Labute approximate surface area is 241 Å². The fourth-order valence-corrected chi connectivity index (χ4v) is 4.38. The maximum absolute atomic E-state index is 12.6. The molecule has 0 unspecified atom stereocenters. The normalized spacial score (nSPS) is 13.9. The summed E-state index contributed by atoms with van der Waals surface area (Å²) in [6, 6.07) is 12.1. The van der Waals surface area contributed by atoms with Gasteiger partial charge in [-0.15, -0.1) is 0 Å². The van der Waals surface area contributed by atoms with Gasteiger partial charge >= 0.3 is 12.1 Å². The van der Waals surface area contributed by atoms with Crippen LogP contribution in [-0.2, 0) is 33.4 Å². The number of primary amides is 1. The fourth-order valence-electron chi connectivity index (χ4n) is 4.38. The molecule has 42 heavy (non-hydrogen) atoms. The molecule has 224 valence electrons. The largest absolute Gasteiger partial charge is 0.480 e. The van der Waals surface area contributed by atoms with E-state index in [1.807, 2.05) is 48.5 Å². The third-order valence-electron chi connectivity index (χ3n) is 6.44. The van der Waals surface area contributed by atoms with Crippen LogP contribution in [0.4, 0.5) is 4.79 Å². The van der Waals surface area contributed by atoms with E-state index in [1.54, 1.807) is 0 Å². The molecule has 0 saturated carbocycles. The Kier molecular flexibility index (Phi) is 11.0. The van der Waals surface area contributed by atoms with Crippen LogP contribution < -0.4 is 27.0 Å². The van der Waals surface area contributed by atoms with Gasteiger partial charge in [0.25, 0.3) is 0 Å². The highest BCUT2D eigenvalue weighted by Gasteiger charge is 2.30. The second kappa shape index (κ2) is 14.6. The number of fused-ring (bicyclic) bond motifs is 3. The number of carbonyl (C=O) groups excluding carboxylic acids is 5. The lowest BCUT2D eigenvalue weighted by atomic mass is 9.98. The van der Waals surface area contributed by atoms with Crippen LogP contribution in [0.1, 0.15) is 37.3 Å². The molecule has 14 nitrogen and oxygen atoms in total. The number of ether oxygens (including phenoxy) is 2.